The minimum Gasteiger partial charge on any atom is -0.492 e. The van der Waals surface area contributed by atoms with E-state index in [1.165, 1.54) is 11.1 Å². The number of anilines is 1. The number of benzene rings is 2. The molecule has 0 aliphatic heterocycles. The molecule has 0 bridgehead atoms. The van der Waals surface area contributed by atoms with Crippen molar-refractivity contribution in [3.63, 3.8) is 0 Å². The molecule has 0 spiro atoms. The van der Waals surface area contributed by atoms with E-state index in [9.17, 15) is 0 Å². The molecule has 0 aliphatic rings. The minimum atomic E-state index is 0.543. The number of hydrogen-bond donors (Lipinski definition) is 1. The molecule has 112 valence electrons. The van der Waals surface area contributed by atoms with Gasteiger partial charge >= 0.3 is 0 Å². The zero-order chi connectivity index (χ0) is 15.4. The molecule has 1 N–H and O–H groups in total. The first-order valence-corrected chi connectivity index (χ1v) is 7.68. The number of rotatable bonds is 5. The van der Waals surface area contributed by atoms with Crippen LogP contribution in [0.2, 0.25) is 10.0 Å². The zero-order valence-electron chi connectivity index (χ0n) is 12.5. The molecule has 0 saturated heterocycles. The molecule has 0 fully saturated rings. The fourth-order valence-electron chi connectivity index (χ4n) is 2.10. The third kappa shape index (κ3) is 4.05. The molecule has 4 heteroatoms. The fraction of sp³-hybridized carbons (Fsp3) is 0.294. The van der Waals surface area contributed by atoms with Crippen molar-refractivity contribution in [3.8, 4) is 5.75 Å². The molecule has 0 saturated carbocycles. The van der Waals surface area contributed by atoms with Crippen LogP contribution in [-0.4, -0.2) is 6.61 Å². The lowest BCUT2D eigenvalue weighted by Gasteiger charge is -2.14. The molecule has 0 amide bonds. The molecule has 0 atom stereocenters. The van der Waals surface area contributed by atoms with Gasteiger partial charge in [-0.2, -0.15) is 0 Å². The molecule has 2 rings (SSSR count). The Kier molecular flexibility index (Phi) is 5.38. The van der Waals surface area contributed by atoms with Crippen LogP contribution >= 0.6 is 23.2 Å². The molecule has 0 heterocycles. The van der Waals surface area contributed by atoms with Crippen LogP contribution in [0.4, 0.5) is 5.69 Å². The van der Waals surface area contributed by atoms with Crippen molar-refractivity contribution >= 4 is 28.9 Å². The van der Waals surface area contributed by atoms with Crippen LogP contribution in [0.3, 0.4) is 0 Å². The van der Waals surface area contributed by atoms with Gasteiger partial charge < -0.3 is 10.1 Å². The molecule has 0 aromatic heterocycles. The molecular weight excluding hydrogens is 305 g/mol. The van der Waals surface area contributed by atoms with Gasteiger partial charge in [-0.15, -0.1) is 0 Å². The Morgan fingerprint density at radius 1 is 1.05 bits per heavy atom. The average Bonchev–Trinajstić information content (AvgIpc) is 2.43. The van der Waals surface area contributed by atoms with Crippen LogP contribution < -0.4 is 10.1 Å². The van der Waals surface area contributed by atoms with Gasteiger partial charge in [-0.05, 0) is 56.2 Å². The first-order valence-electron chi connectivity index (χ1n) is 6.93. The maximum Gasteiger partial charge on any atom is 0.142 e. The van der Waals surface area contributed by atoms with E-state index in [1.807, 2.05) is 13.0 Å². The van der Waals surface area contributed by atoms with E-state index in [4.69, 9.17) is 27.9 Å². The lowest BCUT2D eigenvalue weighted by atomic mass is 10.1. The standard InChI is InChI=1S/C17H19Cl2NO/c1-4-21-17-13(8-14(18)9-16(17)19)10-20-15-6-5-11(2)12(3)7-15/h5-9,20H,4,10H2,1-3H3. The summed E-state index contributed by atoms with van der Waals surface area (Å²) in [6.07, 6.45) is 0. The monoisotopic (exact) mass is 323 g/mol. The van der Waals surface area contributed by atoms with Crippen molar-refractivity contribution in [1.82, 2.24) is 0 Å². The molecule has 21 heavy (non-hydrogen) atoms. The first-order chi connectivity index (χ1) is 10.0. The minimum absolute atomic E-state index is 0.543. The molecule has 0 aliphatic carbocycles. The summed E-state index contributed by atoms with van der Waals surface area (Å²) in [5.74, 6) is 0.694. The van der Waals surface area contributed by atoms with Gasteiger partial charge in [0.15, 0.2) is 0 Å². The topological polar surface area (TPSA) is 21.3 Å². The van der Waals surface area contributed by atoms with Crippen molar-refractivity contribution in [2.75, 3.05) is 11.9 Å². The summed E-state index contributed by atoms with van der Waals surface area (Å²) >= 11 is 12.3. The van der Waals surface area contributed by atoms with Gasteiger partial charge in [0.05, 0.1) is 11.6 Å². The van der Waals surface area contributed by atoms with Gasteiger partial charge in [0.25, 0.3) is 0 Å². The lowest BCUT2D eigenvalue weighted by Crippen LogP contribution is -2.04. The van der Waals surface area contributed by atoms with Crippen molar-refractivity contribution in [1.29, 1.82) is 0 Å². The summed E-state index contributed by atoms with van der Waals surface area (Å²) in [4.78, 5) is 0. The van der Waals surface area contributed by atoms with Gasteiger partial charge in [-0.3, -0.25) is 0 Å². The van der Waals surface area contributed by atoms with Crippen molar-refractivity contribution in [2.24, 2.45) is 0 Å². The van der Waals surface area contributed by atoms with E-state index >= 15 is 0 Å². The smallest absolute Gasteiger partial charge is 0.142 e. The van der Waals surface area contributed by atoms with Crippen LogP contribution in [0, 0.1) is 13.8 Å². The molecular formula is C17H19Cl2NO. The Morgan fingerprint density at radius 3 is 2.48 bits per heavy atom. The molecule has 2 nitrogen and oxygen atoms in total. The Labute approximate surface area is 136 Å². The van der Waals surface area contributed by atoms with Crippen LogP contribution in [0.25, 0.3) is 0 Å². The van der Waals surface area contributed by atoms with Crippen LogP contribution in [0.1, 0.15) is 23.6 Å². The van der Waals surface area contributed by atoms with Crippen molar-refractivity contribution in [3.05, 3.63) is 57.1 Å². The van der Waals surface area contributed by atoms with Gasteiger partial charge in [0.2, 0.25) is 0 Å². The van der Waals surface area contributed by atoms with E-state index in [2.05, 4.69) is 37.4 Å². The van der Waals surface area contributed by atoms with E-state index in [0.717, 1.165) is 11.3 Å². The summed E-state index contributed by atoms with van der Waals surface area (Å²) in [5.41, 5.74) is 4.56. The maximum absolute atomic E-state index is 6.20. The highest BCUT2D eigenvalue weighted by atomic mass is 35.5. The summed E-state index contributed by atoms with van der Waals surface area (Å²) < 4.78 is 5.62. The first kappa shape index (κ1) is 16.0. The van der Waals surface area contributed by atoms with Crippen LogP contribution in [0.5, 0.6) is 5.75 Å². The maximum atomic E-state index is 6.20. The quantitative estimate of drug-likeness (QED) is 0.770. The third-order valence-corrected chi connectivity index (χ3v) is 3.86. The summed E-state index contributed by atoms with van der Waals surface area (Å²) in [5, 5.41) is 4.54. The predicted octanol–water partition coefficient (Wildman–Crippen LogP) is 5.62. The Bertz CT molecular complexity index is 641. The third-order valence-electron chi connectivity index (χ3n) is 3.36. The number of aryl methyl sites for hydroxylation is 2. The second-order valence-electron chi connectivity index (χ2n) is 4.96. The molecule has 2 aromatic carbocycles. The molecule has 0 unspecified atom stereocenters. The predicted molar refractivity (Wildman–Crippen MR) is 90.9 cm³/mol. The van der Waals surface area contributed by atoms with Gasteiger partial charge in [-0.25, -0.2) is 0 Å². The highest BCUT2D eigenvalue weighted by Crippen LogP contribution is 2.33. The largest absolute Gasteiger partial charge is 0.492 e. The van der Waals surface area contributed by atoms with Gasteiger partial charge in [-0.1, -0.05) is 29.3 Å². The van der Waals surface area contributed by atoms with Crippen molar-refractivity contribution < 1.29 is 4.74 Å². The van der Waals surface area contributed by atoms with Gasteiger partial charge in [0, 0.05) is 22.8 Å². The number of halogens is 2. The normalized spacial score (nSPS) is 10.5. The van der Waals surface area contributed by atoms with E-state index < -0.39 is 0 Å². The zero-order valence-corrected chi connectivity index (χ0v) is 14.0. The second-order valence-corrected chi connectivity index (χ2v) is 5.81. The number of ether oxygens (including phenoxy) is 1. The summed E-state index contributed by atoms with van der Waals surface area (Å²) in [6.45, 7) is 7.31. The number of hydrogen-bond acceptors (Lipinski definition) is 2. The molecule has 2 aromatic rings. The van der Waals surface area contributed by atoms with E-state index in [-0.39, 0.29) is 0 Å². The Hall–Kier alpha value is -1.38. The SMILES string of the molecule is CCOc1c(Cl)cc(Cl)cc1CNc1ccc(C)c(C)c1. The lowest BCUT2D eigenvalue weighted by molar-refractivity contribution is 0.337. The van der Waals surface area contributed by atoms with Gasteiger partial charge in [0.1, 0.15) is 5.75 Å². The highest BCUT2D eigenvalue weighted by Gasteiger charge is 2.10. The van der Waals surface area contributed by atoms with E-state index in [0.29, 0.717) is 28.9 Å². The average molecular weight is 324 g/mol. The summed E-state index contributed by atoms with van der Waals surface area (Å²) in [7, 11) is 0. The second kappa shape index (κ2) is 7.06. The Morgan fingerprint density at radius 2 is 1.81 bits per heavy atom. The molecule has 0 radical (unpaired) electrons. The van der Waals surface area contributed by atoms with E-state index in [1.54, 1.807) is 6.07 Å². The van der Waals surface area contributed by atoms with Crippen molar-refractivity contribution in [2.45, 2.75) is 27.3 Å². The fourth-order valence-corrected chi connectivity index (χ4v) is 2.69. The number of nitrogens with one attached hydrogen (secondary N) is 1. The van der Waals surface area contributed by atoms with Crippen LogP contribution in [-0.2, 0) is 6.54 Å². The Balaban J connectivity index is 2.20. The highest BCUT2D eigenvalue weighted by molar-refractivity contribution is 6.35. The van der Waals surface area contributed by atoms with Crippen LogP contribution in [0.15, 0.2) is 30.3 Å². The summed E-state index contributed by atoms with van der Waals surface area (Å²) in [6, 6.07) is 9.88.